The summed E-state index contributed by atoms with van der Waals surface area (Å²) in [7, 11) is 0. The first-order valence-corrected chi connectivity index (χ1v) is 8.18. The molecule has 0 aliphatic carbocycles. The van der Waals surface area contributed by atoms with Crippen molar-refractivity contribution in [3.05, 3.63) is 59.4 Å². The highest BCUT2D eigenvalue weighted by atomic mass is 35.5. The van der Waals surface area contributed by atoms with Crippen LogP contribution >= 0.6 is 11.6 Å². The van der Waals surface area contributed by atoms with Crippen molar-refractivity contribution in [2.24, 2.45) is 0 Å². The van der Waals surface area contributed by atoms with E-state index in [-0.39, 0.29) is 12.0 Å². The smallest absolute Gasteiger partial charge is 0.227 e. The van der Waals surface area contributed by atoms with Crippen LogP contribution in [0.3, 0.4) is 0 Å². The van der Waals surface area contributed by atoms with Crippen molar-refractivity contribution >= 4 is 17.5 Å². The molecule has 0 radical (unpaired) electrons. The highest BCUT2D eigenvalue weighted by Crippen LogP contribution is 2.26. The number of aromatic nitrogens is 1. The normalized spacial score (nSPS) is 15.4. The number of para-hydroxylation sites is 1. The van der Waals surface area contributed by atoms with Gasteiger partial charge in [0, 0.05) is 38.3 Å². The Hall–Kier alpha value is -2.07. The number of likely N-dealkylation sites (tertiary alicyclic amines) is 1. The van der Waals surface area contributed by atoms with E-state index in [0.29, 0.717) is 30.3 Å². The summed E-state index contributed by atoms with van der Waals surface area (Å²) in [5.41, 5.74) is 0.951. The van der Waals surface area contributed by atoms with Gasteiger partial charge in [-0.15, -0.1) is 0 Å². The molecule has 0 saturated carbocycles. The maximum atomic E-state index is 12.3. The maximum Gasteiger partial charge on any atom is 0.227 e. The molecule has 0 atom stereocenters. The van der Waals surface area contributed by atoms with Gasteiger partial charge in [0.1, 0.15) is 11.9 Å². The van der Waals surface area contributed by atoms with Gasteiger partial charge in [-0.25, -0.2) is 0 Å². The molecule has 1 amide bonds. The third kappa shape index (κ3) is 4.23. The Bertz CT molecular complexity index is 655. The van der Waals surface area contributed by atoms with Gasteiger partial charge in [-0.05, 0) is 23.8 Å². The van der Waals surface area contributed by atoms with Crippen LogP contribution in [0.25, 0.3) is 0 Å². The van der Waals surface area contributed by atoms with Gasteiger partial charge in [-0.1, -0.05) is 29.8 Å². The van der Waals surface area contributed by atoms with E-state index >= 15 is 0 Å². The molecule has 0 N–H and O–H groups in total. The number of benzene rings is 1. The van der Waals surface area contributed by atoms with Gasteiger partial charge in [0.2, 0.25) is 5.91 Å². The van der Waals surface area contributed by atoms with Crippen LogP contribution in [-0.2, 0) is 11.2 Å². The molecule has 1 aliphatic heterocycles. The molecule has 0 spiro atoms. The molecule has 5 heteroatoms. The molecule has 23 heavy (non-hydrogen) atoms. The molecule has 4 nitrogen and oxygen atoms in total. The van der Waals surface area contributed by atoms with Crippen molar-refractivity contribution in [2.45, 2.75) is 25.4 Å². The van der Waals surface area contributed by atoms with Crippen LogP contribution in [0.2, 0.25) is 5.02 Å². The molecule has 2 aromatic rings. The summed E-state index contributed by atoms with van der Waals surface area (Å²) < 4.78 is 5.95. The number of hydrogen-bond acceptors (Lipinski definition) is 3. The van der Waals surface area contributed by atoms with Crippen LogP contribution < -0.4 is 4.74 Å². The lowest BCUT2D eigenvalue weighted by Gasteiger charge is -2.32. The number of rotatable bonds is 4. The number of carbonyl (C=O) groups excluding carboxylic acids is 1. The molecule has 2 heterocycles. The monoisotopic (exact) mass is 330 g/mol. The minimum atomic E-state index is 0.109. The molecule has 120 valence electrons. The zero-order chi connectivity index (χ0) is 16.1. The number of pyridine rings is 1. The van der Waals surface area contributed by atoms with Crippen molar-refractivity contribution in [1.82, 2.24) is 9.88 Å². The van der Waals surface area contributed by atoms with Gasteiger partial charge in [-0.3, -0.25) is 9.78 Å². The van der Waals surface area contributed by atoms with Crippen LogP contribution in [0.1, 0.15) is 18.4 Å². The minimum Gasteiger partial charge on any atom is -0.489 e. The van der Waals surface area contributed by atoms with E-state index in [0.717, 1.165) is 18.4 Å². The lowest BCUT2D eigenvalue weighted by molar-refractivity contribution is -0.132. The standard InChI is InChI=1S/C18H19ClN2O2/c19-16-5-1-2-6-17(16)23-15-7-10-21(11-8-15)18(22)12-14-4-3-9-20-13-14/h1-6,9,13,15H,7-8,10-12H2. The Morgan fingerprint density at radius 3 is 2.70 bits per heavy atom. The first-order chi connectivity index (χ1) is 11.2. The SMILES string of the molecule is O=C(Cc1cccnc1)N1CCC(Oc2ccccc2Cl)CC1. The van der Waals surface area contributed by atoms with Crippen LogP contribution in [0, 0.1) is 0 Å². The highest BCUT2D eigenvalue weighted by molar-refractivity contribution is 6.32. The van der Waals surface area contributed by atoms with Gasteiger partial charge in [-0.2, -0.15) is 0 Å². The maximum absolute atomic E-state index is 12.3. The van der Waals surface area contributed by atoms with E-state index < -0.39 is 0 Å². The van der Waals surface area contributed by atoms with Crippen molar-refractivity contribution < 1.29 is 9.53 Å². The number of halogens is 1. The van der Waals surface area contributed by atoms with Crippen molar-refractivity contribution in [2.75, 3.05) is 13.1 Å². The average molecular weight is 331 g/mol. The molecule has 1 aliphatic rings. The second-order valence-electron chi connectivity index (χ2n) is 5.67. The molecule has 1 aromatic carbocycles. The fourth-order valence-electron chi connectivity index (χ4n) is 2.73. The molecule has 1 saturated heterocycles. The van der Waals surface area contributed by atoms with Crippen molar-refractivity contribution in [3.63, 3.8) is 0 Å². The fourth-order valence-corrected chi connectivity index (χ4v) is 2.91. The van der Waals surface area contributed by atoms with Crippen LogP contribution in [-0.4, -0.2) is 35.0 Å². The summed E-state index contributed by atoms with van der Waals surface area (Å²) in [5.74, 6) is 0.864. The summed E-state index contributed by atoms with van der Waals surface area (Å²) in [5, 5.41) is 0.627. The van der Waals surface area contributed by atoms with E-state index in [1.165, 1.54) is 0 Å². The van der Waals surface area contributed by atoms with E-state index in [1.807, 2.05) is 41.3 Å². The molecule has 1 fully saturated rings. The summed E-state index contributed by atoms with van der Waals surface area (Å²) in [6.45, 7) is 1.43. The van der Waals surface area contributed by atoms with Gasteiger partial charge in [0.25, 0.3) is 0 Å². The van der Waals surface area contributed by atoms with E-state index in [2.05, 4.69) is 4.98 Å². The van der Waals surface area contributed by atoms with E-state index in [1.54, 1.807) is 12.4 Å². The lowest BCUT2D eigenvalue weighted by Crippen LogP contribution is -2.42. The minimum absolute atomic E-state index is 0.109. The first-order valence-electron chi connectivity index (χ1n) is 7.80. The molecular weight excluding hydrogens is 312 g/mol. The van der Waals surface area contributed by atoms with E-state index in [9.17, 15) is 4.79 Å². The molecule has 3 rings (SSSR count). The van der Waals surface area contributed by atoms with Gasteiger partial charge in [0.15, 0.2) is 0 Å². The summed E-state index contributed by atoms with van der Waals surface area (Å²) in [4.78, 5) is 18.3. The molecule has 0 bridgehead atoms. The number of nitrogens with zero attached hydrogens (tertiary/aromatic N) is 2. The highest BCUT2D eigenvalue weighted by Gasteiger charge is 2.24. The fraction of sp³-hybridized carbons (Fsp3) is 0.333. The average Bonchev–Trinajstić information content (AvgIpc) is 2.58. The van der Waals surface area contributed by atoms with Crippen molar-refractivity contribution in [3.8, 4) is 5.75 Å². The largest absolute Gasteiger partial charge is 0.489 e. The third-order valence-electron chi connectivity index (χ3n) is 4.00. The zero-order valence-electron chi connectivity index (χ0n) is 12.8. The second-order valence-corrected chi connectivity index (χ2v) is 6.07. The van der Waals surface area contributed by atoms with Gasteiger partial charge < -0.3 is 9.64 Å². The van der Waals surface area contributed by atoms with E-state index in [4.69, 9.17) is 16.3 Å². The van der Waals surface area contributed by atoms with Crippen molar-refractivity contribution in [1.29, 1.82) is 0 Å². The van der Waals surface area contributed by atoms with Gasteiger partial charge >= 0.3 is 0 Å². The number of carbonyl (C=O) groups is 1. The predicted octanol–water partition coefficient (Wildman–Crippen LogP) is 3.35. The molecule has 1 aromatic heterocycles. The Morgan fingerprint density at radius 2 is 2.00 bits per heavy atom. The molecule has 0 unspecified atom stereocenters. The zero-order valence-corrected chi connectivity index (χ0v) is 13.6. The first kappa shape index (κ1) is 15.8. The topological polar surface area (TPSA) is 42.4 Å². The second kappa shape index (κ2) is 7.47. The lowest BCUT2D eigenvalue weighted by atomic mass is 10.1. The van der Waals surface area contributed by atoms with Crippen LogP contribution in [0.15, 0.2) is 48.8 Å². The number of amides is 1. The number of hydrogen-bond donors (Lipinski definition) is 0. The number of ether oxygens (including phenoxy) is 1. The molecular formula is C18H19ClN2O2. The summed E-state index contributed by atoms with van der Waals surface area (Å²) >= 11 is 6.12. The Morgan fingerprint density at radius 1 is 1.22 bits per heavy atom. The summed E-state index contributed by atoms with van der Waals surface area (Å²) in [6.07, 6.45) is 5.62. The Labute approximate surface area is 141 Å². The predicted molar refractivity (Wildman–Crippen MR) is 89.6 cm³/mol. The number of piperidine rings is 1. The van der Waals surface area contributed by atoms with Crippen LogP contribution in [0.4, 0.5) is 0 Å². The third-order valence-corrected chi connectivity index (χ3v) is 4.32. The van der Waals surface area contributed by atoms with Gasteiger partial charge in [0.05, 0.1) is 11.4 Å². The summed E-state index contributed by atoms with van der Waals surface area (Å²) in [6, 6.07) is 11.3. The Kier molecular flexibility index (Phi) is 5.13. The Balaban J connectivity index is 1.50. The quantitative estimate of drug-likeness (QED) is 0.863. The van der Waals surface area contributed by atoms with Crippen LogP contribution in [0.5, 0.6) is 5.75 Å².